The molecule has 1 fully saturated rings. The molecule has 0 bridgehead atoms. The van der Waals surface area contributed by atoms with Crippen molar-refractivity contribution in [2.75, 3.05) is 6.54 Å². The van der Waals surface area contributed by atoms with Crippen LogP contribution in [-0.2, 0) is 4.79 Å². The second kappa shape index (κ2) is 8.80. The topological polar surface area (TPSA) is 75.4 Å². The molecule has 6 heteroatoms. The lowest BCUT2D eigenvalue weighted by Gasteiger charge is -2.40. The Morgan fingerprint density at radius 2 is 1.83 bits per heavy atom. The van der Waals surface area contributed by atoms with Crippen molar-refractivity contribution in [3.05, 3.63) is 41.6 Å². The highest BCUT2D eigenvalue weighted by molar-refractivity contribution is 5.97. The van der Waals surface area contributed by atoms with Crippen LogP contribution in [0.3, 0.4) is 0 Å². The van der Waals surface area contributed by atoms with Gasteiger partial charge in [-0.1, -0.05) is 62.7 Å². The zero-order chi connectivity index (χ0) is 21.1. The van der Waals surface area contributed by atoms with Gasteiger partial charge in [0, 0.05) is 24.2 Å². The molecule has 0 saturated carbocycles. The van der Waals surface area contributed by atoms with Gasteiger partial charge in [-0.25, -0.2) is 0 Å². The molecule has 2 amide bonds. The van der Waals surface area contributed by atoms with Crippen molar-refractivity contribution < 1.29 is 14.1 Å². The molecular formula is C23H31N3O3. The molecule has 2 heterocycles. The number of hydrogen-bond acceptors (Lipinski definition) is 4. The van der Waals surface area contributed by atoms with Gasteiger partial charge in [0.25, 0.3) is 5.91 Å². The normalized spacial score (nSPS) is 19.7. The highest BCUT2D eigenvalue weighted by Crippen LogP contribution is 2.25. The van der Waals surface area contributed by atoms with Crippen LogP contribution in [0.1, 0.15) is 56.6 Å². The predicted molar refractivity (Wildman–Crippen MR) is 112 cm³/mol. The van der Waals surface area contributed by atoms with E-state index in [0.717, 1.165) is 17.5 Å². The molecule has 2 aromatic rings. The number of carbonyl (C=O) groups excluding carboxylic acids is 2. The second-order valence-electron chi connectivity index (χ2n) is 8.88. The number of rotatable bonds is 6. The first kappa shape index (κ1) is 21.1. The Morgan fingerprint density at radius 1 is 1.17 bits per heavy atom. The lowest BCUT2D eigenvalue weighted by Crippen LogP contribution is -2.62. The van der Waals surface area contributed by atoms with Gasteiger partial charge in [0.1, 0.15) is 6.04 Å². The first-order chi connectivity index (χ1) is 13.7. The number of aryl methyl sites for hydroxylation is 1. The third kappa shape index (κ3) is 5.05. The number of benzene rings is 1. The van der Waals surface area contributed by atoms with E-state index in [1.54, 1.807) is 11.0 Å². The van der Waals surface area contributed by atoms with Crippen molar-refractivity contribution in [2.24, 2.45) is 11.8 Å². The average Bonchev–Trinajstić information content (AvgIpc) is 3.13. The van der Waals surface area contributed by atoms with Crippen LogP contribution < -0.4 is 5.32 Å². The van der Waals surface area contributed by atoms with Crippen molar-refractivity contribution >= 4 is 11.8 Å². The van der Waals surface area contributed by atoms with Gasteiger partial charge in [0.05, 0.1) is 0 Å². The summed E-state index contributed by atoms with van der Waals surface area (Å²) in [7, 11) is 0. The lowest BCUT2D eigenvalue weighted by atomic mass is 9.94. The minimum absolute atomic E-state index is 0.0432. The number of nitrogens with one attached hydrogen (secondary N) is 1. The Morgan fingerprint density at radius 3 is 2.45 bits per heavy atom. The molecule has 2 atom stereocenters. The number of piperazine rings is 1. The quantitative estimate of drug-likeness (QED) is 0.798. The van der Waals surface area contributed by atoms with E-state index in [1.807, 2.05) is 31.2 Å². The van der Waals surface area contributed by atoms with Gasteiger partial charge in [0.15, 0.2) is 11.5 Å². The summed E-state index contributed by atoms with van der Waals surface area (Å²) in [6, 6.07) is 9.01. The fourth-order valence-corrected chi connectivity index (χ4v) is 3.83. The maximum atomic E-state index is 13.3. The standard InChI is InChI=1S/C23H31N3O3/c1-14(2)10-18-13-26(20(11-15(3)4)22(27)24-18)23(28)19-12-21(29-25-19)17-8-6-16(5)7-9-17/h6-9,12,14-15,18,20H,10-11,13H2,1-5H3,(H,24,27)/t18-,20-/m0/s1. The van der Waals surface area contributed by atoms with Gasteiger partial charge in [-0.3, -0.25) is 9.59 Å². The molecule has 1 aliphatic heterocycles. The molecule has 0 spiro atoms. The summed E-state index contributed by atoms with van der Waals surface area (Å²) < 4.78 is 5.44. The van der Waals surface area contributed by atoms with Crippen LogP contribution in [-0.4, -0.2) is 40.5 Å². The van der Waals surface area contributed by atoms with Gasteiger partial charge in [-0.15, -0.1) is 0 Å². The van der Waals surface area contributed by atoms with Crippen LogP contribution >= 0.6 is 0 Å². The van der Waals surface area contributed by atoms with Crippen LogP contribution in [0.4, 0.5) is 0 Å². The number of carbonyl (C=O) groups is 2. The number of aromatic nitrogens is 1. The summed E-state index contributed by atoms with van der Waals surface area (Å²) in [5.41, 5.74) is 2.26. The molecule has 1 aliphatic rings. The van der Waals surface area contributed by atoms with Crippen LogP contribution in [0.15, 0.2) is 34.9 Å². The van der Waals surface area contributed by atoms with E-state index in [-0.39, 0.29) is 23.6 Å². The SMILES string of the molecule is Cc1ccc(-c2cc(C(=O)N3C[C@H](CC(C)C)NC(=O)[C@@H]3CC(C)C)no2)cc1. The molecule has 0 aliphatic carbocycles. The molecule has 6 nitrogen and oxygen atoms in total. The maximum Gasteiger partial charge on any atom is 0.276 e. The smallest absolute Gasteiger partial charge is 0.276 e. The van der Waals surface area contributed by atoms with E-state index in [2.05, 4.69) is 38.2 Å². The maximum absolute atomic E-state index is 13.3. The Bertz CT molecular complexity index is 855. The monoisotopic (exact) mass is 397 g/mol. The number of amides is 2. The number of nitrogens with zero attached hydrogens (tertiary/aromatic N) is 2. The van der Waals surface area contributed by atoms with Gasteiger partial charge in [0.2, 0.25) is 5.91 Å². The van der Waals surface area contributed by atoms with Crippen LogP contribution in [0.25, 0.3) is 11.3 Å². The zero-order valence-corrected chi connectivity index (χ0v) is 17.9. The summed E-state index contributed by atoms with van der Waals surface area (Å²) in [6.07, 6.45) is 1.45. The molecule has 1 saturated heterocycles. The van der Waals surface area contributed by atoms with Crippen molar-refractivity contribution in [1.29, 1.82) is 0 Å². The van der Waals surface area contributed by atoms with Crippen molar-refractivity contribution in [2.45, 2.75) is 59.5 Å². The fourth-order valence-electron chi connectivity index (χ4n) is 3.83. The lowest BCUT2D eigenvalue weighted by molar-refractivity contribution is -0.130. The zero-order valence-electron chi connectivity index (χ0n) is 17.9. The van der Waals surface area contributed by atoms with E-state index in [1.165, 1.54) is 0 Å². The fraction of sp³-hybridized carbons (Fsp3) is 0.522. The molecule has 3 rings (SSSR count). The predicted octanol–water partition coefficient (Wildman–Crippen LogP) is 4.05. The average molecular weight is 398 g/mol. The molecule has 1 N–H and O–H groups in total. The molecule has 1 aromatic carbocycles. The Hall–Kier alpha value is -2.63. The molecule has 0 unspecified atom stereocenters. The molecule has 29 heavy (non-hydrogen) atoms. The highest BCUT2D eigenvalue weighted by Gasteiger charge is 2.38. The van der Waals surface area contributed by atoms with E-state index >= 15 is 0 Å². The third-order valence-corrected chi connectivity index (χ3v) is 5.22. The van der Waals surface area contributed by atoms with Crippen LogP contribution in [0.2, 0.25) is 0 Å². The van der Waals surface area contributed by atoms with E-state index < -0.39 is 6.04 Å². The summed E-state index contributed by atoms with van der Waals surface area (Å²) in [4.78, 5) is 27.8. The van der Waals surface area contributed by atoms with Crippen LogP contribution in [0.5, 0.6) is 0 Å². The molecule has 0 radical (unpaired) electrons. The first-order valence-corrected chi connectivity index (χ1v) is 10.4. The Kier molecular flexibility index (Phi) is 6.40. The number of hydrogen-bond donors (Lipinski definition) is 1. The second-order valence-corrected chi connectivity index (χ2v) is 8.88. The van der Waals surface area contributed by atoms with Crippen molar-refractivity contribution in [3.8, 4) is 11.3 Å². The van der Waals surface area contributed by atoms with E-state index in [0.29, 0.717) is 30.6 Å². The molecular weight excluding hydrogens is 366 g/mol. The van der Waals surface area contributed by atoms with Crippen molar-refractivity contribution in [3.63, 3.8) is 0 Å². The Labute approximate surface area is 172 Å². The Balaban J connectivity index is 1.85. The summed E-state index contributed by atoms with van der Waals surface area (Å²) in [6.45, 7) is 10.9. The first-order valence-electron chi connectivity index (χ1n) is 10.4. The molecule has 1 aromatic heterocycles. The van der Waals surface area contributed by atoms with E-state index in [9.17, 15) is 9.59 Å². The summed E-state index contributed by atoms with van der Waals surface area (Å²) in [5.74, 6) is 0.948. The van der Waals surface area contributed by atoms with Gasteiger partial charge in [-0.05, 0) is 31.6 Å². The van der Waals surface area contributed by atoms with Gasteiger partial charge >= 0.3 is 0 Å². The third-order valence-electron chi connectivity index (χ3n) is 5.22. The van der Waals surface area contributed by atoms with Gasteiger partial charge < -0.3 is 14.7 Å². The summed E-state index contributed by atoms with van der Waals surface area (Å²) in [5, 5.41) is 7.12. The van der Waals surface area contributed by atoms with Crippen LogP contribution in [0, 0.1) is 18.8 Å². The summed E-state index contributed by atoms with van der Waals surface area (Å²) >= 11 is 0. The molecule has 156 valence electrons. The largest absolute Gasteiger partial charge is 0.355 e. The van der Waals surface area contributed by atoms with E-state index in [4.69, 9.17) is 4.52 Å². The minimum Gasteiger partial charge on any atom is -0.355 e. The highest BCUT2D eigenvalue weighted by atomic mass is 16.5. The van der Waals surface area contributed by atoms with Crippen molar-refractivity contribution in [1.82, 2.24) is 15.4 Å². The minimum atomic E-state index is -0.481. The van der Waals surface area contributed by atoms with Gasteiger partial charge in [-0.2, -0.15) is 0 Å².